The number of aliphatic imine (C=N–C) groups is 1. The second-order valence-corrected chi connectivity index (χ2v) is 9.88. The quantitative estimate of drug-likeness (QED) is 0.219. The lowest BCUT2D eigenvalue weighted by Gasteiger charge is -2.15. The highest BCUT2D eigenvalue weighted by Crippen LogP contribution is 2.38. The highest BCUT2D eigenvalue weighted by molar-refractivity contribution is 6.26. The fourth-order valence-electron chi connectivity index (χ4n) is 4.23. The van der Waals surface area contributed by atoms with Gasteiger partial charge in [0.1, 0.15) is 16.5 Å². The maximum Gasteiger partial charge on any atom is 0.156 e. The van der Waals surface area contributed by atoms with E-state index in [2.05, 4.69) is 73.7 Å². The molecule has 0 fully saturated rings. The third-order valence-corrected chi connectivity index (χ3v) is 5.95. The molecule has 1 aliphatic heterocycles. The Morgan fingerprint density at radius 1 is 0.706 bits per heavy atom. The lowest BCUT2D eigenvalue weighted by atomic mass is 9.92. The van der Waals surface area contributed by atoms with E-state index in [1.165, 1.54) is 11.1 Å². The van der Waals surface area contributed by atoms with E-state index >= 15 is 0 Å². The zero-order valence-corrected chi connectivity index (χ0v) is 20.3. The number of hydrogen-bond donors (Lipinski definition) is 0. The molecule has 0 saturated carbocycles. The number of benzene rings is 4. The van der Waals surface area contributed by atoms with Crippen LogP contribution in [0.4, 0.5) is 0 Å². The van der Waals surface area contributed by atoms with E-state index in [-0.39, 0.29) is 0 Å². The molecule has 1 heterocycles. The molecule has 0 saturated heterocycles. The summed E-state index contributed by atoms with van der Waals surface area (Å²) in [4.78, 5) is 4.09. The third kappa shape index (κ3) is 4.55. The lowest BCUT2D eigenvalue weighted by Crippen LogP contribution is -2.13. The van der Waals surface area contributed by atoms with Crippen molar-refractivity contribution >= 4 is 22.9 Å². The Hall–Kier alpha value is -3.62. The molecule has 0 radical (unpaired) electrons. The second-order valence-electron chi connectivity index (χ2n) is 8.95. The Morgan fingerprint density at radius 3 is 1.79 bits per heavy atom. The first-order valence-electron chi connectivity index (χ1n) is 11.4. The molecule has 0 atom stereocenters. The molecule has 2 nitrogen and oxygen atoms in total. The van der Waals surface area contributed by atoms with Gasteiger partial charge >= 0.3 is 0 Å². The van der Waals surface area contributed by atoms with E-state index in [0.717, 1.165) is 45.0 Å². The molecule has 34 heavy (non-hydrogen) atoms. The first-order valence-corrected chi connectivity index (χ1v) is 11.8. The smallest absolute Gasteiger partial charge is 0.156 e. The average molecular weight is 464 g/mol. The Labute approximate surface area is 206 Å². The van der Waals surface area contributed by atoms with Crippen molar-refractivity contribution in [2.24, 2.45) is 4.99 Å². The molecule has 0 unspecified atom stereocenters. The standard InChI is InChI=1S/C31H26ClNO/c1-21(30-29(33-31(2,3)32)27-16-10-11-17-28(27)34-30)24-18-25(22-12-6-4-7-13-22)20-26(19-24)23-14-8-5-9-15-23/h4-20H,1-3H3/b30-21-,33-29-. The van der Waals surface area contributed by atoms with E-state index in [9.17, 15) is 0 Å². The third-order valence-electron chi connectivity index (χ3n) is 5.87. The van der Waals surface area contributed by atoms with Crippen LogP contribution in [-0.4, -0.2) is 10.7 Å². The molecule has 0 amide bonds. The molecule has 5 rings (SSSR count). The monoisotopic (exact) mass is 463 g/mol. The van der Waals surface area contributed by atoms with Crippen LogP contribution in [0.1, 0.15) is 31.9 Å². The van der Waals surface area contributed by atoms with E-state index < -0.39 is 5.00 Å². The summed E-state index contributed by atoms with van der Waals surface area (Å²) in [7, 11) is 0. The first-order chi connectivity index (χ1) is 16.4. The van der Waals surface area contributed by atoms with Crippen molar-refractivity contribution < 1.29 is 4.74 Å². The Balaban J connectivity index is 1.72. The Kier molecular flexibility index (Phi) is 5.85. The maximum atomic E-state index is 6.54. The van der Waals surface area contributed by atoms with Crippen LogP contribution >= 0.6 is 11.6 Å². The van der Waals surface area contributed by atoms with Crippen LogP contribution in [0.3, 0.4) is 0 Å². The maximum absolute atomic E-state index is 6.54. The molecule has 4 aromatic carbocycles. The summed E-state index contributed by atoms with van der Waals surface area (Å²) < 4.78 is 6.36. The summed E-state index contributed by atoms with van der Waals surface area (Å²) in [6, 6.07) is 35.6. The van der Waals surface area contributed by atoms with Crippen molar-refractivity contribution in [2.45, 2.75) is 25.8 Å². The predicted molar refractivity (Wildman–Crippen MR) is 143 cm³/mol. The fraction of sp³-hybridized carbons (Fsp3) is 0.129. The molecule has 3 heteroatoms. The van der Waals surface area contributed by atoms with E-state index in [0.29, 0.717) is 0 Å². The van der Waals surface area contributed by atoms with Gasteiger partial charge in [-0.2, -0.15) is 0 Å². The topological polar surface area (TPSA) is 21.6 Å². The summed E-state index contributed by atoms with van der Waals surface area (Å²) in [6.07, 6.45) is 0. The summed E-state index contributed by atoms with van der Waals surface area (Å²) in [6.45, 7) is 5.87. The van der Waals surface area contributed by atoms with Crippen molar-refractivity contribution in [1.29, 1.82) is 0 Å². The summed E-state index contributed by atoms with van der Waals surface area (Å²) in [5.74, 6) is 1.55. The zero-order chi connectivity index (χ0) is 23.7. The average Bonchev–Trinajstić information content (AvgIpc) is 3.21. The Morgan fingerprint density at radius 2 is 1.24 bits per heavy atom. The molecule has 0 spiro atoms. The predicted octanol–water partition coefficient (Wildman–Crippen LogP) is 8.61. The highest BCUT2D eigenvalue weighted by Gasteiger charge is 2.29. The lowest BCUT2D eigenvalue weighted by molar-refractivity contribution is 0.470. The minimum atomic E-state index is -0.747. The fourth-order valence-corrected chi connectivity index (χ4v) is 4.32. The highest BCUT2D eigenvalue weighted by atomic mass is 35.5. The van der Waals surface area contributed by atoms with Crippen LogP contribution in [0, 0.1) is 0 Å². The number of allylic oxidation sites excluding steroid dienone is 2. The number of alkyl halides is 1. The number of para-hydroxylation sites is 1. The minimum Gasteiger partial charge on any atom is -0.454 e. The van der Waals surface area contributed by atoms with Crippen molar-refractivity contribution in [3.8, 4) is 28.0 Å². The number of fused-ring (bicyclic) bond motifs is 1. The first kappa shape index (κ1) is 22.2. The van der Waals surface area contributed by atoms with Gasteiger partial charge in [0.25, 0.3) is 0 Å². The second kappa shape index (κ2) is 8.96. The number of hydrogen-bond acceptors (Lipinski definition) is 2. The molecular formula is C31H26ClNO. The van der Waals surface area contributed by atoms with Gasteiger partial charge in [0.2, 0.25) is 0 Å². The molecule has 168 valence electrons. The van der Waals surface area contributed by atoms with Crippen molar-refractivity contribution in [3.63, 3.8) is 0 Å². The van der Waals surface area contributed by atoms with Crippen LogP contribution in [-0.2, 0) is 0 Å². The summed E-state index contributed by atoms with van der Waals surface area (Å²) in [5, 5.41) is 0. The van der Waals surface area contributed by atoms with Gasteiger partial charge in [-0.3, -0.25) is 4.99 Å². The molecule has 4 aromatic rings. The summed E-state index contributed by atoms with van der Waals surface area (Å²) >= 11 is 6.54. The van der Waals surface area contributed by atoms with Gasteiger partial charge in [-0.25, -0.2) is 0 Å². The van der Waals surface area contributed by atoms with Crippen molar-refractivity contribution in [3.05, 3.63) is 120 Å². The molecule has 0 bridgehead atoms. The number of ether oxygens (including phenoxy) is 1. The number of nitrogens with zero attached hydrogens (tertiary/aromatic N) is 1. The molecule has 0 aliphatic carbocycles. The van der Waals surface area contributed by atoms with Crippen LogP contribution in [0.2, 0.25) is 0 Å². The molecule has 0 aromatic heterocycles. The van der Waals surface area contributed by atoms with E-state index in [1.54, 1.807) is 0 Å². The van der Waals surface area contributed by atoms with Gasteiger partial charge in [0.15, 0.2) is 5.76 Å². The molecule has 1 aliphatic rings. The Bertz CT molecular complexity index is 1340. The van der Waals surface area contributed by atoms with Crippen molar-refractivity contribution in [2.75, 3.05) is 0 Å². The van der Waals surface area contributed by atoms with Gasteiger partial charge in [0.05, 0.1) is 0 Å². The van der Waals surface area contributed by atoms with Crippen LogP contribution in [0.25, 0.3) is 27.8 Å². The van der Waals surface area contributed by atoms with E-state index in [4.69, 9.17) is 21.3 Å². The van der Waals surface area contributed by atoms with Crippen LogP contribution in [0.15, 0.2) is 114 Å². The summed E-state index contributed by atoms with van der Waals surface area (Å²) in [5.41, 5.74) is 8.52. The minimum absolute atomic E-state index is 0.747. The van der Waals surface area contributed by atoms with Crippen molar-refractivity contribution in [1.82, 2.24) is 0 Å². The molecular weight excluding hydrogens is 438 g/mol. The van der Waals surface area contributed by atoms with Crippen LogP contribution < -0.4 is 4.74 Å². The van der Waals surface area contributed by atoms with Crippen LogP contribution in [0.5, 0.6) is 5.75 Å². The molecule has 0 N–H and O–H groups in total. The zero-order valence-electron chi connectivity index (χ0n) is 19.5. The van der Waals surface area contributed by atoms with Gasteiger partial charge < -0.3 is 4.74 Å². The number of rotatable bonds is 4. The van der Waals surface area contributed by atoms with Gasteiger partial charge in [0, 0.05) is 11.1 Å². The SMILES string of the molecule is C/C(=C1/Oc2ccccc2/C1=N/C(C)(C)Cl)c1cc(-c2ccccc2)cc(-c2ccccc2)c1. The van der Waals surface area contributed by atoms with Gasteiger partial charge in [-0.1, -0.05) is 84.4 Å². The van der Waals surface area contributed by atoms with Gasteiger partial charge in [-0.15, -0.1) is 0 Å². The van der Waals surface area contributed by atoms with E-state index in [1.807, 2.05) is 50.2 Å². The van der Waals surface area contributed by atoms with Gasteiger partial charge in [-0.05, 0) is 78.9 Å². The number of halogens is 1. The normalized spacial score (nSPS) is 15.7. The largest absolute Gasteiger partial charge is 0.454 e.